The third kappa shape index (κ3) is 1.92. The minimum atomic E-state index is -0.0182. The molecule has 5 rings (SSSR count). The minimum absolute atomic E-state index is 0.0182. The molecule has 5 aliphatic rings. The predicted molar refractivity (Wildman–Crippen MR) is 97.5 cm³/mol. The van der Waals surface area contributed by atoms with Gasteiger partial charge in [0.05, 0.1) is 6.10 Å². The van der Waals surface area contributed by atoms with E-state index in [1.807, 2.05) is 0 Å². The lowest BCUT2D eigenvalue weighted by Crippen LogP contribution is -2.56. The molecule has 4 saturated carbocycles. The first-order chi connectivity index (χ1) is 10.9. The van der Waals surface area contributed by atoms with E-state index in [1.54, 1.807) is 0 Å². The average Bonchev–Trinajstić information content (AvgIpc) is 3.22. The van der Waals surface area contributed by atoms with Crippen molar-refractivity contribution >= 4 is 11.8 Å². The van der Waals surface area contributed by atoms with E-state index >= 15 is 0 Å². The number of rotatable bonds is 0. The highest BCUT2D eigenvalue weighted by Gasteiger charge is 2.64. The van der Waals surface area contributed by atoms with E-state index in [2.05, 4.69) is 32.5 Å². The molecular formula is C21H34OS. The topological polar surface area (TPSA) is 20.2 Å². The van der Waals surface area contributed by atoms with Crippen molar-refractivity contribution < 1.29 is 5.11 Å². The lowest BCUT2D eigenvalue weighted by Gasteiger charge is -2.62. The van der Waals surface area contributed by atoms with Crippen LogP contribution in [0.4, 0.5) is 0 Å². The Bertz CT molecular complexity index is 514. The Labute approximate surface area is 146 Å². The molecule has 23 heavy (non-hydrogen) atoms. The van der Waals surface area contributed by atoms with Crippen LogP contribution < -0.4 is 0 Å². The van der Waals surface area contributed by atoms with Crippen molar-refractivity contribution in [1.29, 1.82) is 0 Å². The van der Waals surface area contributed by atoms with Crippen LogP contribution in [-0.2, 0) is 0 Å². The van der Waals surface area contributed by atoms with Crippen LogP contribution in [0.25, 0.3) is 0 Å². The number of aliphatic hydroxyl groups excluding tert-OH is 1. The summed E-state index contributed by atoms with van der Waals surface area (Å²) in [6.07, 6.45) is 11.0. The highest BCUT2D eigenvalue weighted by atomic mass is 32.2. The number of thioether (sulfide) groups is 1. The molecule has 0 aromatic rings. The zero-order valence-corrected chi connectivity index (χ0v) is 16.0. The molecule has 1 aliphatic heterocycles. The SMILES string of the molecule is CC1CC2(C)C(CCC3C4CCC(O)C4(C)CCC32)CC12CS2. The fourth-order valence-corrected chi connectivity index (χ4v) is 9.39. The van der Waals surface area contributed by atoms with Gasteiger partial charge < -0.3 is 5.11 Å². The maximum absolute atomic E-state index is 10.6. The van der Waals surface area contributed by atoms with Crippen molar-refractivity contribution in [2.24, 2.45) is 40.4 Å². The van der Waals surface area contributed by atoms with Crippen molar-refractivity contribution in [2.45, 2.75) is 83.0 Å². The molecule has 4 aliphatic carbocycles. The van der Waals surface area contributed by atoms with E-state index in [1.165, 1.54) is 50.7 Å². The summed E-state index contributed by atoms with van der Waals surface area (Å²) in [5.74, 6) is 6.05. The molecule has 0 bridgehead atoms. The summed E-state index contributed by atoms with van der Waals surface area (Å²) >= 11 is 2.27. The Morgan fingerprint density at radius 1 is 0.913 bits per heavy atom. The summed E-state index contributed by atoms with van der Waals surface area (Å²) in [6, 6.07) is 0. The van der Waals surface area contributed by atoms with Crippen molar-refractivity contribution in [3.63, 3.8) is 0 Å². The molecule has 0 radical (unpaired) electrons. The molecule has 9 atom stereocenters. The smallest absolute Gasteiger partial charge is 0.0596 e. The molecule has 1 nitrogen and oxygen atoms in total. The van der Waals surface area contributed by atoms with Gasteiger partial charge in [-0.3, -0.25) is 0 Å². The molecule has 0 amide bonds. The molecule has 9 unspecified atom stereocenters. The Hall–Kier alpha value is 0.310. The van der Waals surface area contributed by atoms with E-state index in [0.717, 1.165) is 36.0 Å². The average molecular weight is 335 g/mol. The van der Waals surface area contributed by atoms with Crippen molar-refractivity contribution in [1.82, 2.24) is 0 Å². The van der Waals surface area contributed by atoms with Gasteiger partial charge in [0.25, 0.3) is 0 Å². The van der Waals surface area contributed by atoms with Crippen molar-refractivity contribution in [2.75, 3.05) is 5.75 Å². The van der Waals surface area contributed by atoms with Gasteiger partial charge in [-0.1, -0.05) is 20.8 Å². The zero-order valence-electron chi connectivity index (χ0n) is 15.2. The second-order valence-electron chi connectivity index (χ2n) is 10.5. The van der Waals surface area contributed by atoms with Gasteiger partial charge in [0.1, 0.15) is 0 Å². The molecule has 0 aromatic carbocycles. The summed E-state index contributed by atoms with van der Waals surface area (Å²) in [5.41, 5.74) is 0.851. The fourth-order valence-electron chi connectivity index (χ4n) is 8.12. The summed E-state index contributed by atoms with van der Waals surface area (Å²) in [5, 5.41) is 10.6. The lowest BCUT2D eigenvalue weighted by atomic mass is 9.43. The normalized spacial score (nSPS) is 64.2. The van der Waals surface area contributed by atoms with Gasteiger partial charge in [0.2, 0.25) is 0 Å². The number of aliphatic hydroxyl groups is 1. The molecule has 0 aromatic heterocycles. The van der Waals surface area contributed by atoms with Crippen LogP contribution in [0.15, 0.2) is 0 Å². The van der Waals surface area contributed by atoms with Gasteiger partial charge in [-0.15, -0.1) is 0 Å². The highest BCUT2D eigenvalue weighted by Crippen LogP contribution is 2.71. The lowest BCUT2D eigenvalue weighted by molar-refractivity contribution is -0.129. The second kappa shape index (κ2) is 4.72. The fraction of sp³-hybridized carbons (Fsp3) is 1.00. The first kappa shape index (κ1) is 15.6. The minimum Gasteiger partial charge on any atom is -0.393 e. The molecule has 1 saturated heterocycles. The molecule has 5 fully saturated rings. The zero-order chi connectivity index (χ0) is 16.0. The van der Waals surface area contributed by atoms with Gasteiger partial charge in [0.15, 0.2) is 0 Å². The van der Waals surface area contributed by atoms with Gasteiger partial charge >= 0.3 is 0 Å². The maximum Gasteiger partial charge on any atom is 0.0596 e. The molecule has 1 spiro atoms. The maximum atomic E-state index is 10.6. The van der Waals surface area contributed by atoms with Gasteiger partial charge in [0, 0.05) is 10.5 Å². The van der Waals surface area contributed by atoms with Crippen LogP contribution in [-0.4, -0.2) is 21.7 Å². The summed E-state index contributed by atoms with van der Waals surface area (Å²) in [4.78, 5) is 0. The van der Waals surface area contributed by atoms with Crippen LogP contribution in [0.5, 0.6) is 0 Å². The standard InChI is InChI=1S/C21H34OS/c1-13-10-20(3)14(11-21(13)12-23-21)4-5-15-16-6-7-18(22)19(16,2)9-8-17(15)20/h13-18,22H,4-12H2,1-3H3. The van der Waals surface area contributed by atoms with E-state index in [0.29, 0.717) is 10.2 Å². The van der Waals surface area contributed by atoms with Crippen LogP contribution in [0.3, 0.4) is 0 Å². The third-order valence-electron chi connectivity index (χ3n) is 9.77. The van der Waals surface area contributed by atoms with Crippen LogP contribution in [0.1, 0.15) is 72.1 Å². The molecular weight excluding hydrogens is 300 g/mol. The van der Waals surface area contributed by atoms with Crippen molar-refractivity contribution in [3.8, 4) is 0 Å². The summed E-state index contributed by atoms with van der Waals surface area (Å²) in [6.45, 7) is 7.65. The van der Waals surface area contributed by atoms with Crippen LogP contribution >= 0.6 is 11.8 Å². The number of fused-ring (bicyclic) bond motifs is 5. The number of hydrogen-bond acceptors (Lipinski definition) is 2. The molecule has 1 N–H and O–H groups in total. The first-order valence-electron chi connectivity index (χ1n) is 10.2. The summed E-state index contributed by atoms with van der Waals surface area (Å²) in [7, 11) is 0. The quantitative estimate of drug-likeness (QED) is 0.620. The largest absolute Gasteiger partial charge is 0.393 e. The monoisotopic (exact) mass is 334 g/mol. The van der Waals surface area contributed by atoms with Gasteiger partial charge in [-0.05, 0) is 91.8 Å². The van der Waals surface area contributed by atoms with E-state index in [9.17, 15) is 5.11 Å². The van der Waals surface area contributed by atoms with E-state index in [4.69, 9.17) is 0 Å². The Morgan fingerprint density at radius 2 is 1.65 bits per heavy atom. The molecule has 2 heteroatoms. The Morgan fingerprint density at radius 3 is 2.39 bits per heavy atom. The first-order valence-corrected chi connectivity index (χ1v) is 11.2. The van der Waals surface area contributed by atoms with E-state index in [-0.39, 0.29) is 11.5 Å². The van der Waals surface area contributed by atoms with E-state index < -0.39 is 0 Å². The van der Waals surface area contributed by atoms with Gasteiger partial charge in [-0.25, -0.2) is 0 Å². The third-order valence-corrected chi connectivity index (χ3v) is 11.4. The Kier molecular flexibility index (Phi) is 3.20. The molecule has 1 heterocycles. The van der Waals surface area contributed by atoms with Crippen LogP contribution in [0.2, 0.25) is 0 Å². The van der Waals surface area contributed by atoms with Crippen LogP contribution in [0, 0.1) is 40.4 Å². The van der Waals surface area contributed by atoms with Gasteiger partial charge in [-0.2, -0.15) is 11.8 Å². The Balaban J connectivity index is 1.45. The molecule has 130 valence electrons. The summed E-state index contributed by atoms with van der Waals surface area (Å²) < 4.78 is 0.698. The van der Waals surface area contributed by atoms with Crippen molar-refractivity contribution in [3.05, 3.63) is 0 Å². The predicted octanol–water partition coefficient (Wildman–Crippen LogP) is 5.12. The number of hydrogen-bond donors (Lipinski definition) is 1. The second-order valence-corrected chi connectivity index (χ2v) is 11.8. The highest BCUT2D eigenvalue weighted by molar-refractivity contribution is 8.07.